The summed E-state index contributed by atoms with van der Waals surface area (Å²) in [5.41, 5.74) is -0.316. The predicted molar refractivity (Wildman–Crippen MR) is 50.6 cm³/mol. The number of aliphatic hydroxyl groups is 1. The van der Waals surface area contributed by atoms with Crippen molar-refractivity contribution in [2.45, 2.75) is 38.9 Å². The number of nitrogens with one attached hydrogen (secondary N) is 1. The summed E-state index contributed by atoms with van der Waals surface area (Å²) < 4.78 is 28.6. The Labute approximate surface area is 83.4 Å². The first-order chi connectivity index (χ1) is 6.31. The van der Waals surface area contributed by atoms with Crippen LogP contribution in [0.5, 0.6) is 0 Å². The number of aliphatic hydroxyl groups excluding tert-OH is 1. The fourth-order valence-electron chi connectivity index (χ4n) is 0.764. The van der Waals surface area contributed by atoms with Crippen LogP contribution in [0.15, 0.2) is 0 Å². The highest BCUT2D eigenvalue weighted by Crippen LogP contribution is 2.06. The minimum Gasteiger partial charge on any atom is -0.389 e. The first kappa shape index (κ1) is 13.7. The molecule has 0 aliphatic carbocycles. The summed E-state index contributed by atoms with van der Waals surface area (Å²) in [7, 11) is 0. The van der Waals surface area contributed by atoms with Crippen molar-refractivity contribution in [3.63, 3.8) is 0 Å². The molecule has 14 heavy (non-hydrogen) atoms. The van der Waals surface area contributed by atoms with Gasteiger partial charge in [0.15, 0.2) is 0 Å². The van der Waals surface area contributed by atoms with Crippen LogP contribution in [-0.2, 0) is 4.74 Å². The lowest BCUT2D eigenvalue weighted by molar-refractivity contribution is -0.0484. The topological polar surface area (TPSA) is 41.5 Å². The van der Waals surface area contributed by atoms with Crippen molar-refractivity contribution >= 4 is 0 Å². The average Bonchev–Trinajstić information content (AvgIpc) is 1.99. The van der Waals surface area contributed by atoms with E-state index in [2.05, 4.69) is 5.32 Å². The van der Waals surface area contributed by atoms with E-state index in [1.165, 1.54) is 0 Å². The third kappa shape index (κ3) is 9.83. The van der Waals surface area contributed by atoms with Crippen molar-refractivity contribution in [3.8, 4) is 0 Å². The van der Waals surface area contributed by atoms with Crippen LogP contribution in [0.25, 0.3) is 0 Å². The molecule has 1 atom stereocenters. The average molecular weight is 211 g/mol. The lowest BCUT2D eigenvalue weighted by Gasteiger charge is -2.22. The van der Waals surface area contributed by atoms with Crippen molar-refractivity contribution in [2.75, 3.05) is 19.7 Å². The van der Waals surface area contributed by atoms with E-state index in [0.717, 1.165) is 0 Å². The van der Waals surface area contributed by atoms with Crippen LogP contribution in [0.4, 0.5) is 8.78 Å². The number of rotatable bonds is 6. The highest BCUT2D eigenvalue weighted by Gasteiger charge is 2.13. The molecule has 86 valence electrons. The number of halogens is 2. The molecule has 0 saturated heterocycles. The number of alkyl halides is 2. The van der Waals surface area contributed by atoms with Crippen molar-refractivity contribution in [1.29, 1.82) is 0 Å². The molecule has 2 N–H and O–H groups in total. The van der Waals surface area contributed by atoms with Crippen LogP contribution in [0.1, 0.15) is 20.8 Å². The quantitative estimate of drug-likeness (QED) is 0.689. The molecule has 0 saturated carbocycles. The number of ether oxygens (including phenoxy) is 1. The summed E-state index contributed by atoms with van der Waals surface area (Å²) in [4.78, 5) is 0. The van der Waals surface area contributed by atoms with Gasteiger partial charge in [-0.05, 0) is 20.8 Å². The van der Waals surface area contributed by atoms with Gasteiger partial charge in [-0.25, -0.2) is 8.78 Å². The zero-order valence-electron chi connectivity index (χ0n) is 8.89. The van der Waals surface area contributed by atoms with Gasteiger partial charge in [0.25, 0.3) is 6.43 Å². The molecule has 3 nitrogen and oxygen atoms in total. The van der Waals surface area contributed by atoms with Gasteiger partial charge in [0.1, 0.15) is 0 Å². The Bertz CT molecular complexity index is 148. The molecule has 0 aliphatic heterocycles. The van der Waals surface area contributed by atoms with E-state index >= 15 is 0 Å². The van der Waals surface area contributed by atoms with E-state index in [-0.39, 0.29) is 18.8 Å². The lowest BCUT2D eigenvalue weighted by Crippen LogP contribution is -2.35. The Balaban J connectivity index is 3.42. The van der Waals surface area contributed by atoms with E-state index in [1.54, 1.807) is 0 Å². The molecule has 0 rings (SSSR count). The second kappa shape index (κ2) is 6.27. The molecule has 0 aromatic carbocycles. The Morgan fingerprint density at radius 2 is 1.86 bits per heavy atom. The summed E-state index contributed by atoms with van der Waals surface area (Å²) in [6.45, 7) is 5.48. The third-order valence-corrected chi connectivity index (χ3v) is 1.39. The SMILES string of the molecule is CC(C)(C)OCC(O)CNCC(F)F. The second-order valence-corrected chi connectivity index (χ2v) is 4.13. The molecule has 0 amide bonds. The van der Waals surface area contributed by atoms with Crippen LogP contribution in [0, 0.1) is 0 Å². The molecule has 0 fully saturated rings. The first-order valence-corrected chi connectivity index (χ1v) is 4.62. The molecular weight excluding hydrogens is 192 g/mol. The summed E-state index contributed by atoms with van der Waals surface area (Å²) in [5.74, 6) is 0. The van der Waals surface area contributed by atoms with Gasteiger partial charge >= 0.3 is 0 Å². The molecule has 0 aromatic heterocycles. The smallest absolute Gasteiger partial charge is 0.250 e. The van der Waals surface area contributed by atoms with Crippen LogP contribution in [0.3, 0.4) is 0 Å². The second-order valence-electron chi connectivity index (χ2n) is 4.13. The maximum absolute atomic E-state index is 11.7. The van der Waals surface area contributed by atoms with Crippen LogP contribution in [-0.4, -0.2) is 42.9 Å². The largest absolute Gasteiger partial charge is 0.389 e. The van der Waals surface area contributed by atoms with Crippen molar-refractivity contribution in [2.24, 2.45) is 0 Å². The van der Waals surface area contributed by atoms with Gasteiger partial charge in [-0.15, -0.1) is 0 Å². The highest BCUT2D eigenvalue weighted by atomic mass is 19.3. The van der Waals surface area contributed by atoms with E-state index in [9.17, 15) is 13.9 Å². The molecule has 0 aliphatic rings. The zero-order valence-corrected chi connectivity index (χ0v) is 8.89. The summed E-state index contributed by atoms with van der Waals surface area (Å²) in [5, 5.41) is 11.7. The molecule has 5 heteroatoms. The lowest BCUT2D eigenvalue weighted by atomic mass is 10.2. The number of hydrogen-bond donors (Lipinski definition) is 2. The maximum Gasteiger partial charge on any atom is 0.250 e. The number of hydrogen-bond acceptors (Lipinski definition) is 3. The van der Waals surface area contributed by atoms with Crippen LogP contribution >= 0.6 is 0 Å². The normalized spacial score (nSPS) is 14.8. The summed E-state index contributed by atoms with van der Waals surface area (Å²) in [6, 6.07) is 0. The van der Waals surface area contributed by atoms with Gasteiger partial charge < -0.3 is 15.2 Å². The third-order valence-electron chi connectivity index (χ3n) is 1.39. The Morgan fingerprint density at radius 1 is 1.29 bits per heavy atom. The van der Waals surface area contributed by atoms with Crippen molar-refractivity contribution in [3.05, 3.63) is 0 Å². The van der Waals surface area contributed by atoms with Gasteiger partial charge in [0.05, 0.1) is 24.9 Å². The van der Waals surface area contributed by atoms with Gasteiger partial charge in [-0.3, -0.25) is 0 Å². The fourth-order valence-corrected chi connectivity index (χ4v) is 0.764. The van der Waals surface area contributed by atoms with Gasteiger partial charge in [0, 0.05) is 6.54 Å². The first-order valence-electron chi connectivity index (χ1n) is 4.62. The summed E-state index contributed by atoms with van der Waals surface area (Å²) >= 11 is 0. The molecule has 1 unspecified atom stereocenters. The molecule has 0 heterocycles. The van der Waals surface area contributed by atoms with Crippen LogP contribution < -0.4 is 5.32 Å². The monoisotopic (exact) mass is 211 g/mol. The van der Waals surface area contributed by atoms with E-state index in [1.807, 2.05) is 20.8 Å². The maximum atomic E-state index is 11.7. The fraction of sp³-hybridized carbons (Fsp3) is 1.00. The van der Waals surface area contributed by atoms with Crippen molar-refractivity contribution in [1.82, 2.24) is 5.32 Å². The molecule has 0 aromatic rings. The van der Waals surface area contributed by atoms with Crippen LogP contribution in [0.2, 0.25) is 0 Å². The van der Waals surface area contributed by atoms with E-state index in [0.29, 0.717) is 0 Å². The molecule has 0 bridgehead atoms. The Kier molecular flexibility index (Phi) is 6.15. The van der Waals surface area contributed by atoms with E-state index < -0.39 is 19.1 Å². The van der Waals surface area contributed by atoms with Crippen molar-refractivity contribution < 1.29 is 18.6 Å². The summed E-state index contributed by atoms with van der Waals surface area (Å²) in [6.07, 6.45) is -3.13. The Hall–Kier alpha value is -0.260. The van der Waals surface area contributed by atoms with Gasteiger partial charge in [-0.1, -0.05) is 0 Å². The standard InChI is InChI=1S/C9H19F2NO2/c1-9(2,3)14-6-7(13)4-12-5-8(10)11/h7-8,12-13H,4-6H2,1-3H3. The van der Waals surface area contributed by atoms with Gasteiger partial charge in [0.2, 0.25) is 0 Å². The predicted octanol–water partition coefficient (Wildman–Crippen LogP) is 1.02. The van der Waals surface area contributed by atoms with Gasteiger partial charge in [-0.2, -0.15) is 0 Å². The minimum atomic E-state index is -2.38. The molecular formula is C9H19F2NO2. The molecule has 0 radical (unpaired) electrons. The Morgan fingerprint density at radius 3 is 2.29 bits per heavy atom. The molecule has 0 spiro atoms. The highest BCUT2D eigenvalue weighted by molar-refractivity contribution is 4.64. The minimum absolute atomic E-state index is 0.125. The van der Waals surface area contributed by atoms with E-state index in [4.69, 9.17) is 4.74 Å². The zero-order chi connectivity index (χ0) is 11.2.